The summed E-state index contributed by atoms with van der Waals surface area (Å²) in [6.45, 7) is 4.22. The van der Waals surface area contributed by atoms with Crippen LogP contribution in [0, 0.1) is 5.92 Å². The smallest absolute Gasteiger partial charge is 0.331 e. The number of nitrogens with one attached hydrogen (secondary N) is 1. The highest BCUT2D eigenvalue weighted by molar-refractivity contribution is 5.75. The molecule has 0 aliphatic rings. The Hall–Kier alpha value is -1.85. The van der Waals surface area contributed by atoms with Crippen LogP contribution in [0.15, 0.2) is 21.9 Å². The van der Waals surface area contributed by atoms with Crippen molar-refractivity contribution < 1.29 is 4.79 Å². The van der Waals surface area contributed by atoms with Crippen molar-refractivity contribution >= 4 is 5.91 Å². The first-order chi connectivity index (χ1) is 7.91. The summed E-state index contributed by atoms with van der Waals surface area (Å²) in [5, 5.41) is 2.66. The van der Waals surface area contributed by atoms with Crippen LogP contribution in [0.2, 0.25) is 0 Å². The van der Waals surface area contributed by atoms with Gasteiger partial charge in [0.2, 0.25) is 5.91 Å². The minimum atomic E-state index is -0.489. The molecule has 1 aromatic rings. The highest BCUT2D eigenvalue weighted by Crippen LogP contribution is 1.87. The average Bonchev–Trinajstić information content (AvgIpc) is 2.27. The topological polar surface area (TPSA) is 73.1 Å². The second-order valence-electron chi connectivity index (χ2n) is 4.33. The van der Waals surface area contributed by atoms with E-state index in [2.05, 4.69) is 5.32 Å². The lowest BCUT2D eigenvalue weighted by molar-refractivity contribution is -0.121. The predicted octanol–water partition coefficient (Wildman–Crippen LogP) is -0.681. The van der Waals surface area contributed by atoms with Gasteiger partial charge in [-0.05, 0) is 5.92 Å². The molecule has 0 unspecified atom stereocenters. The normalized spacial score (nSPS) is 10.6. The van der Waals surface area contributed by atoms with Crippen molar-refractivity contribution in [1.82, 2.24) is 14.5 Å². The van der Waals surface area contributed by atoms with Crippen molar-refractivity contribution in [2.45, 2.75) is 20.4 Å². The molecule has 0 aliphatic carbocycles. The Kier molecular flexibility index (Phi) is 4.25. The maximum atomic E-state index is 11.6. The maximum absolute atomic E-state index is 11.6. The Balaban J connectivity index is 2.82. The first-order valence-electron chi connectivity index (χ1n) is 5.45. The van der Waals surface area contributed by atoms with Gasteiger partial charge in [-0.15, -0.1) is 0 Å². The molecule has 0 aliphatic heterocycles. The van der Waals surface area contributed by atoms with Crippen LogP contribution >= 0.6 is 0 Å². The van der Waals surface area contributed by atoms with Gasteiger partial charge in [-0.2, -0.15) is 0 Å². The van der Waals surface area contributed by atoms with E-state index in [1.807, 2.05) is 13.8 Å². The van der Waals surface area contributed by atoms with Gasteiger partial charge in [0.05, 0.1) is 0 Å². The second kappa shape index (κ2) is 5.47. The summed E-state index contributed by atoms with van der Waals surface area (Å²) in [6, 6.07) is 1.26. The molecule has 0 atom stereocenters. The highest BCUT2D eigenvalue weighted by Gasteiger charge is 2.08. The molecule has 0 bridgehead atoms. The number of hydrogen-bond acceptors (Lipinski definition) is 3. The molecule has 1 aromatic heterocycles. The molecular weight excluding hydrogens is 222 g/mol. The van der Waals surface area contributed by atoms with Crippen LogP contribution in [0.3, 0.4) is 0 Å². The third-order valence-corrected chi connectivity index (χ3v) is 2.25. The van der Waals surface area contributed by atoms with Gasteiger partial charge in [0.15, 0.2) is 0 Å². The van der Waals surface area contributed by atoms with E-state index in [9.17, 15) is 14.4 Å². The van der Waals surface area contributed by atoms with Crippen molar-refractivity contribution in [1.29, 1.82) is 0 Å². The number of aryl methyl sites for hydroxylation is 1. The van der Waals surface area contributed by atoms with Crippen molar-refractivity contribution in [2.75, 3.05) is 6.54 Å². The third-order valence-electron chi connectivity index (χ3n) is 2.25. The Labute approximate surface area is 98.9 Å². The Morgan fingerprint density at radius 2 is 2.06 bits per heavy atom. The van der Waals surface area contributed by atoms with E-state index in [1.165, 1.54) is 23.9 Å². The first kappa shape index (κ1) is 13.2. The van der Waals surface area contributed by atoms with Gasteiger partial charge in [-0.1, -0.05) is 13.8 Å². The van der Waals surface area contributed by atoms with Crippen molar-refractivity contribution in [3.05, 3.63) is 33.1 Å². The minimum absolute atomic E-state index is 0.237. The lowest BCUT2D eigenvalue weighted by atomic mass is 10.2. The van der Waals surface area contributed by atoms with E-state index >= 15 is 0 Å². The number of rotatable bonds is 4. The molecule has 17 heavy (non-hydrogen) atoms. The molecule has 0 radical (unpaired) electrons. The molecule has 0 saturated heterocycles. The zero-order chi connectivity index (χ0) is 13.0. The lowest BCUT2D eigenvalue weighted by Gasteiger charge is -2.09. The van der Waals surface area contributed by atoms with Crippen LogP contribution in [-0.2, 0) is 18.4 Å². The summed E-state index contributed by atoms with van der Waals surface area (Å²) >= 11 is 0. The highest BCUT2D eigenvalue weighted by atomic mass is 16.2. The maximum Gasteiger partial charge on any atom is 0.331 e. The zero-order valence-corrected chi connectivity index (χ0v) is 10.3. The van der Waals surface area contributed by atoms with Crippen LogP contribution in [0.4, 0.5) is 0 Å². The molecule has 6 nitrogen and oxygen atoms in total. The summed E-state index contributed by atoms with van der Waals surface area (Å²) in [7, 11) is 1.53. The second-order valence-corrected chi connectivity index (χ2v) is 4.33. The predicted molar refractivity (Wildman–Crippen MR) is 63.8 cm³/mol. The summed E-state index contributed by atoms with van der Waals surface area (Å²) in [5.41, 5.74) is -0.954. The van der Waals surface area contributed by atoms with E-state index < -0.39 is 11.2 Å². The Bertz CT molecular complexity index is 513. The number of carbonyl (C=O) groups excluding carboxylic acids is 1. The molecular formula is C11H17N3O3. The van der Waals surface area contributed by atoms with E-state index in [1.54, 1.807) is 0 Å². The summed E-state index contributed by atoms with van der Waals surface area (Å²) in [4.78, 5) is 34.6. The quantitative estimate of drug-likeness (QED) is 0.756. The lowest BCUT2D eigenvalue weighted by Crippen LogP contribution is -2.42. The van der Waals surface area contributed by atoms with E-state index in [0.29, 0.717) is 12.5 Å². The van der Waals surface area contributed by atoms with Crippen molar-refractivity contribution in [3.8, 4) is 0 Å². The van der Waals surface area contributed by atoms with Gasteiger partial charge < -0.3 is 9.88 Å². The summed E-state index contributed by atoms with van der Waals surface area (Å²) < 4.78 is 2.17. The standard InChI is InChI=1S/C11H17N3O3/c1-8(2)6-12-9(15)7-14-10(16)4-5-13(3)11(14)17/h4-5,8H,6-7H2,1-3H3,(H,12,15). The molecule has 0 aromatic carbocycles. The van der Waals surface area contributed by atoms with Gasteiger partial charge in [0.1, 0.15) is 6.54 Å². The molecule has 1 amide bonds. The molecule has 0 spiro atoms. The molecule has 0 saturated carbocycles. The van der Waals surface area contributed by atoms with E-state index in [-0.39, 0.29) is 12.5 Å². The fraction of sp³-hybridized carbons (Fsp3) is 0.545. The number of hydrogen-bond donors (Lipinski definition) is 1. The van der Waals surface area contributed by atoms with E-state index in [0.717, 1.165) is 4.57 Å². The number of carbonyl (C=O) groups is 1. The Morgan fingerprint density at radius 3 is 2.65 bits per heavy atom. The third kappa shape index (κ3) is 3.58. The first-order valence-corrected chi connectivity index (χ1v) is 5.45. The number of nitrogens with zero attached hydrogens (tertiary/aromatic N) is 2. The SMILES string of the molecule is CC(C)CNC(=O)Cn1c(=O)ccn(C)c1=O. The summed E-state index contributed by atoms with van der Waals surface area (Å²) in [5.74, 6) is -0.00150. The van der Waals surface area contributed by atoms with Crippen LogP contribution < -0.4 is 16.6 Å². The van der Waals surface area contributed by atoms with Crippen LogP contribution in [0.1, 0.15) is 13.8 Å². The minimum Gasteiger partial charge on any atom is -0.354 e. The van der Waals surface area contributed by atoms with Gasteiger partial charge in [0.25, 0.3) is 5.56 Å². The molecule has 1 heterocycles. The Morgan fingerprint density at radius 1 is 1.41 bits per heavy atom. The molecule has 0 fully saturated rings. The van der Waals surface area contributed by atoms with Crippen molar-refractivity contribution in [3.63, 3.8) is 0 Å². The molecule has 1 N–H and O–H groups in total. The van der Waals surface area contributed by atoms with Gasteiger partial charge in [-0.3, -0.25) is 14.2 Å². The monoisotopic (exact) mass is 239 g/mol. The fourth-order valence-electron chi connectivity index (χ4n) is 1.28. The average molecular weight is 239 g/mol. The van der Waals surface area contributed by atoms with Crippen LogP contribution in [0.5, 0.6) is 0 Å². The van der Waals surface area contributed by atoms with Gasteiger partial charge >= 0.3 is 5.69 Å². The number of aromatic nitrogens is 2. The molecule has 6 heteroatoms. The van der Waals surface area contributed by atoms with E-state index in [4.69, 9.17) is 0 Å². The number of amides is 1. The summed E-state index contributed by atoms with van der Waals surface area (Å²) in [6.07, 6.45) is 1.38. The molecule has 94 valence electrons. The zero-order valence-electron chi connectivity index (χ0n) is 10.3. The molecule has 1 rings (SSSR count). The largest absolute Gasteiger partial charge is 0.354 e. The van der Waals surface area contributed by atoms with Gasteiger partial charge in [-0.25, -0.2) is 4.79 Å². The van der Waals surface area contributed by atoms with Crippen LogP contribution in [-0.4, -0.2) is 21.6 Å². The van der Waals surface area contributed by atoms with Crippen molar-refractivity contribution in [2.24, 2.45) is 13.0 Å². The van der Waals surface area contributed by atoms with Crippen LogP contribution in [0.25, 0.3) is 0 Å². The van der Waals surface area contributed by atoms with Gasteiger partial charge in [0, 0.05) is 25.9 Å². The fourth-order valence-corrected chi connectivity index (χ4v) is 1.28.